The quantitative estimate of drug-likeness (QED) is 0.837. The van der Waals surface area contributed by atoms with Crippen molar-refractivity contribution in [3.63, 3.8) is 0 Å². The molecule has 1 fully saturated rings. The molecule has 1 heterocycles. The van der Waals surface area contributed by atoms with Gasteiger partial charge >= 0.3 is 0 Å². The van der Waals surface area contributed by atoms with Crippen LogP contribution in [-0.2, 0) is 0 Å². The number of rotatable bonds is 5. The van der Waals surface area contributed by atoms with Gasteiger partial charge in [0.05, 0.1) is 11.3 Å². The molecule has 1 saturated heterocycles. The Bertz CT molecular complexity index is 481. The molecule has 0 saturated carbocycles. The highest BCUT2D eigenvalue weighted by Crippen LogP contribution is 2.18. The first-order chi connectivity index (χ1) is 9.70. The van der Waals surface area contributed by atoms with Gasteiger partial charge in [-0.05, 0) is 50.9 Å². The van der Waals surface area contributed by atoms with Crippen molar-refractivity contribution in [2.24, 2.45) is 0 Å². The Morgan fingerprint density at radius 1 is 1.45 bits per heavy atom. The van der Waals surface area contributed by atoms with E-state index in [0.29, 0.717) is 11.6 Å². The topological polar surface area (TPSA) is 39.1 Å². The fraction of sp³-hybridized carbons (Fsp3) is 0.562. The van der Waals surface area contributed by atoms with Crippen molar-refractivity contribution < 1.29 is 4.39 Å². The van der Waals surface area contributed by atoms with Crippen molar-refractivity contribution in [1.29, 1.82) is 5.26 Å². The van der Waals surface area contributed by atoms with E-state index in [0.717, 1.165) is 25.2 Å². The number of nitrogens with zero attached hydrogens (tertiary/aromatic N) is 2. The fourth-order valence-corrected chi connectivity index (χ4v) is 2.76. The van der Waals surface area contributed by atoms with Crippen LogP contribution in [0.2, 0.25) is 0 Å². The summed E-state index contributed by atoms with van der Waals surface area (Å²) in [7, 11) is 0. The monoisotopic (exact) mass is 275 g/mol. The number of likely N-dealkylation sites (tertiary alicyclic amines) is 1. The van der Waals surface area contributed by atoms with E-state index in [1.807, 2.05) is 6.07 Å². The van der Waals surface area contributed by atoms with Crippen LogP contribution in [0.5, 0.6) is 0 Å². The summed E-state index contributed by atoms with van der Waals surface area (Å²) in [6.45, 7) is 5.38. The highest BCUT2D eigenvalue weighted by atomic mass is 19.1. The maximum Gasteiger partial charge on any atom is 0.124 e. The first kappa shape index (κ1) is 14.8. The predicted molar refractivity (Wildman–Crippen MR) is 79.1 cm³/mol. The van der Waals surface area contributed by atoms with E-state index in [9.17, 15) is 4.39 Å². The maximum atomic E-state index is 13.0. The molecule has 1 N–H and O–H groups in total. The summed E-state index contributed by atoms with van der Waals surface area (Å²) in [6, 6.07) is 7.00. The molecular formula is C16H22FN3. The third kappa shape index (κ3) is 3.94. The van der Waals surface area contributed by atoms with Gasteiger partial charge in [0.2, 0.25) is 0 Å². The molecule has 0 amide bonds. The van der Waals surface area contributed by atoms with Crippen LogP contribution in [0.4, 0.5) is 10.1 Å². The summed E-state index contributed by atoms with van der Waals surface area (Å²) in [5.74, 6) is -0.366. The number of anilines is 1. The molecule has 1 aliphatic rings. The van der Waals surface area contributed by atoms with Crippen molar-refractivity contribution in [3.05, 3.63) is 29.6 Å². The molecule has 0 bridgehead atoms. The highest BCUT2D eigenvalue weighted by molar-refractivity contribution is 5.57. The van der Waals surface area contributed by atoms with Gasteiger partial charge in [0.15, 0.2) is 0 Å². The molecule has 4 heteroatoms. The minimum Gasteiger partial charge on any atom is -0.384 e. The molecule has 1 aromatic carbocycles. The Kier molecular flexibility index (Phi) is 5.37. The second kappa shape index (κ2) is 7.25. The van der Waals surface area contributed by atoms with Crippen LogP contribution in [0.25, 0.3) is 0 Å². The maximum absolute atomic E-state index is 13.0. The lowest BCUT2D eigenvalue weighted by Gasteiger charge is -2.33. The molecule has 0 radical (unpaired) electrons. The van der Waals surface area contributed by atoms with Crippen LogP contribution in [0.1, 0.15) is 38.2 Å². The van der Waals surface area contributed by atoms with Crippen molar-refractivity contribution >= 4 is 5.69 Å². The zero-order valence-electron chi connectivity index (χ0n) is 12.0. The predicted octanol–water partition coefficient (Wildman–Crippen LogP) is 3.37. The van der Waals surface area contributed by atoms with E-state index >= 15 is 0 Å². The van der Waals surface area contributed by atoms with Gasteiger partial charge in [-0.25, -0.2) is 4.39 Å². The van der Waals surface area contributed by atoms with E-state index in [1.54, 1.807) is 6.07 Å². The summed E-state index contributed by atoms with van der Waals surface area (Å²) in [5.41, 5.74) is 1.09. The zero-order valence-corrected chi connectivity index (χ0v) is 12.0. The van der Waals surface area contributed by atoms with Gasteiger partial charge < -0.3 is 10.2 Å². The first-order valence-electron chi connectivity index (χ1n) is 7.38. The Morgan fingerprint density at radius 2 is 2.30 bits per heavy atom. The SMILES string of the molecule is CC1CCCCN1CCCNc1ccc(F)cc1C#N. The van der Waals surface area contributed by atoms with Crippen LogP contribution >= 0.6 is 0 Å². The fourth-order valence-electron chi connectivity index (χ4n) is 2.76. The second-order valence-corrected chi connectivity index (χ2v) is 5.46. The Morgan fingerprint density at radius 3 is 3.05 bits per heavy atom. The van der Waals surface area contributed by atoms with Gasteiger partial charge in [-0.15, -0.1) is 0 Å². The average Bonchev–Trinajstić information content (AvgIpc) is 2.46. The molecule has 3 nitrogen and oxygen atoms in total. The van der Waals surface area contributed by atoms with Crippen molar-refractivity contribution in [2.75, 3.05) is 25.0 Å². The Balaban J connectivity index is 1.77. The summed E-state index contributed by atoms with van der Waals surface area (Å²) in [6.07, 6.45) is 4.97. The third-order valence-corrected chi connectivity index (χ3v) is 3.98. The molecule has 0 aromatic heterocycles. The lowest BCUT2D eigenvalue weighted by atomic mass is 10.0. The van der Waals surface area contributed by atoms with Crippen molar-refractivity contribution in [2.45, 2.75) is 38.6 Å². The molecule has 0 spiro atoms. The highest BCUT2D eigenvalue weighted by Gasteiger charge is 2.17. The van der Waals surface area contributed by atoms with Crippen molar-refractivity contribution in [1.82, 2.24) is 4.90 Å². The smallest absolute Gasteiger partial charge is 0.124 e. The van der Waals surface area contributed by atoms with E-state index < -0.39 is 0 Å². The van der Waals surface area contributed by atoms with E-state index in [4.69, 9.17) is 5.26 Å². The number of nitriles is 1. The van der Waals surface area contributed by atoms with Gasteiger partial charge in [0, 0.05) is 19.1 Å². The van der Waals surface area contributed by atoms with E-state index in [2.05, 4.69) is 17.1 Å². The largest absolute Gasteiger partial charge is 0.384 e. The summed E-state index contributed by atoms with van der Waals surface area (Å²) >= 11 is 0. The average molecular weight is 275 g/mol. The van der Waals surface area contributed by atoms with Crippen molar-refractivity contribution in [3.8, 4) is 6.07 Å². The minimum atomic E-state index is -0.366. The zero-order chi connectivity index (χ0) is 14.4. The molecule has 20 heavy (non-hydrogen) atoms. The lowest BCUT2D eigenvalue weighted by molar-refractivity contribution is 0.160. The number of hydrogen-bond donors (Lipinski definition) is 1. The summed E-state index contributed by atoms with van der Waals surface area (Å²) < 4.78 is 13.0. The molecule has 1 unspecified atom stereocenters. The van der Waals surface area contributed by atoms with E-state index in [-0.39, 0.29) is 5.82 Å². The number of halogens is 1. The van der Waals surface area contributed by atoms with Gasteiger partial charge in [-0.1, -0.05) is 6.42 Å². The molecule has 1 aliphatic heterocycles. The second-order valence-electron chi connectivity index (χ2n) is 5.46. The molecule has 1 atom stereocenters. The third-order valence-electron chi connectivity index (χ3n) is 3.98. The van der Waals surface area contributed by atoms with Crippen LogP contribution in [0.15, 0.2) is 18.2 Å². The Hall–Kier alpha value is -1.60. The van der Waals surface area contributed by atoms with Gasteiger partial charge in [-0.3, -0.25) is 0 Å². The molecular weight excluding hydrogens is 253 g/mol. The van der Waals surface area contributed by atoms with Crippen LogP contribution in [0, 0.1) is 17.1 Å². The molecule has 108 valence electrons. The number of nitrogens with one attached hydrogen (secondary N) is 1. The lowest BCUT2D eigenvalue weighted by Crippen LogP contribution is -2.38. The van der Waals surface area contributed by atoms with Crippen LogP contribution < -0.4 is 5.32 Å². The summed E-state index contributed by atoms with van der Waals surface area (Å²) in [5, 5.41) is 12.2. The Labute approximate surface area is 120 Å². The number of hydrogen-bond acceptors (Lipinski definition) is 3. The molecule has 2 rings (SSSR count). The van der Waals surface area contributed by atoms with E-state index in [1.165, 1.54) is 37.9 Å². The summed E-state index contributed by atoms with van der Waals surface area (Å²) in [4.78, 5) is 2.53. The standard InChI is InChI=1S/C16H22FN3/c1-13-5-2-3-9-20(13)10-4-8-19-16-7-6-15(17)11-14(16)12-18/h6-7,11,13,19H,2-5,8-10H2,1H3. The van der Waals surface area contributed by atoms with Crippen LogP contribution in [-0.4, -0.2) is 30.6 Å². The molecule has 0 aliphatic carbocycles. The minimum absolute atomic E-state index is 0.366. The number of benzene rings is 1. The van der Waals surface area contributed by atoms with Gasteiger partial charge in [-0.2, -0.15) is 5.26 Å². The first-order valence-corrected chi connectivity index (χ1v) is 7.38. The normalized spacial score (nSPS) is 19.6. The molecule has 1 aromatic rings. The van der Waals surface area contributed by atoms with Gasteiger partial charge in [0.25, 0.3) is 0 Å². The number of piperidine rings is 1. The van der Waals surface area contributed by atoms with Gasteiger partial charge in [0.1, 0.15) is 11.9 Å². The van der Waals surface area contributed by atoms with Crippen LogP contribution in [0.3, 0.4) is 0 Å².